The zero-order valence-electron chi connectivity index (χ0n) is 11.3. The molecule has 0 spiro atoms. The number of carboxylic acids is 1. The summed E-state index contributed by atoms with van der Waals surface area (Å²) in [5, 5.41) is 9.00. The van der Waals surface area contributed by atoms with Crippen LogP contribution in [0.3, 0.4) is 0 Å². The number of sulfonamides is 1. The van der Waals surface area contributed by atoms with Gasteiger partial charge in [0.25, 0.3) is 10.0 Å². The Labute approximate surface area is 122 Å². The van der Waals surface area contributed by atoms with Crippen LogP contribution < -0.4 is 4.72 Å². The van der Waals surface area contributed by atoms with Crippen molar-refractivity contribution in [2.24, 2.45) is 0 Å². The Kier molecular flexibility index (Phi) is 4.23. The van der Waals surface area contributed by atoms with Gasteiger partial charge in [-0.05, 0) is 36.2 Å². The maximum Gasteiger partial charge on any atom is 0.356 e. The Hall–Kier alpha value is -2.41. The predicted octanol–water partition coefficient (Wildman–Crippen LogP) is 2.14. The largest absolute Gasteiger partial charge is 0.476 e. The number of benzene rings is 1. The number of rotatable bonds is 5. The summed E-state index contributed by atoms with van der Waals surface area (Å²) < 4.78 is 26.7. The molecule has 0 aliphatic heterocycles. The topological polar surface area (TPSA) is 96.4 Å². The lowest BCUT2D eigenvalue weighted by Crippen LogP contribution is -2.16. The highest BCUT2D eigenvalue weighted by Crippen LogP contribution is 2.19. The van der Waals surface area contributed by atoms with Crippen LogP contribution in [0.2, 0.25) is 0 Å². The molecule has 2 N–H and O–H groups in total. The third kappa shape index (κ3) is 3.38. The van der Waals surface area contributed by atoms with Crippen LogP contribution >= 0.6 is 0 Å². The molecule has 2 rings (SSSR count). The first-order chi connectivity index (χ1) is 9.94. The Balaban J connectivity index is 2.35. The number of nitrogens with zero attached hydrogens (tertiary/aromatic N) is 1. The molecule has 1 aromatic heterocycles. The van der Waals surface area contributed by atoms with Crippen LogP contribution in [0.4, 0.5) is 5.69 Å². The zero-order chi connectivity index (χ0) is 15.5. The summed E-state index contributed by atoms with van der Waals surface area (Å²) in [6.07, 6.45) is 2.09. The van der Waals surface area contributed by atoms with E-state index < -0.39 is 16.0 Å². The van der Waals surface area contributed by atoms with Gasteiger partial charge in [-0.25, -0.2) is 18.2 Å². The van der Waals surface area contributed by atoms with Crippen molar-refractivity contribution in [3.63, 3.8) is 0 Å². The van der Waals surface area contributed by atoms with Gasteiger partial charge in [0.2, 0.25) is 0 Å². The number of aromatic nitrogens is 1. The van der Waals surface area contributed by atoms with Gasteiger partial charge in [-0.1, -0.05) is 19.1 Å². The number of aryl methyl sites for hydroxylation is 1. The van der Waals surface area contributed by atoms with Gasteiger partial charge in [0.05, 0.1) is 10.6 Å². The Morgan fingerprint density at radius 3 is 2.48 bits per heavy atom. The maximum absolute atomic E-state index is 12.2. The van der Waals surface area contributed by atoms with Crippen molar-refractivity contribution >= 4 is 21.7 Å². The molecule has 0 fully saturated rings. The molecule has 2 aromatic rings. The van der Waals surface area contributed by atoms with Gasteiger partial charge in [-0.15, -0.1) is 0 Å². The summed E-state index contributed by atoms with van der Waals surface area (Å²) in [6.45, 7) is 1.97. The molecule has 0 saturated heterocycles. The minimum Gasteiger partial charge on any atom is -0.476 e. The average molecular weight is 306 g/mol. The fraction of sp³-hybridized carbons (Fsp3) is 0.143. The lowest BCUT2D eigenvalue weighted by atomic mass is 10.2. The second kappa shape index (κ2) is 5.92. The standard InChI is InChI=1S/C14H14N2O4S/c1-2-10-5-7-11(8-6-10)21(19,20)16-12-4-3-9-15-13(12)14(17)18/h3-9,16H,2H2,1H3,(H,17,18). The fourth-order valence-corrected chi connectivity index (χ4v) is 2.83. The van der Waals surface area contributed by atoms with Crippen LogP contribution in [0, 0.1) is 0 Å². The second-order valence-corrected chi connectivity index (χ2v) is 5.99. The van der Waals surface area contributed by atoms with Gasteiger partial charge in [-0.3, -0.25) is 4.72 Å². The first-order valence-corrected chi connectivity index (χ1v) is 7.72. The highest BCUT2D eigenvalue weighted by atomic mass is 32.2. The number of hydrogen-bond acceptors (Lipinski definition) is 4. The second-order valence-electron chi connectivity index (χ2n) is 4.31. The highest BCUT2D eigenvalue weighted by Gasteiger charge is 2.19. The molecule has 0 bridgehead atoms. The number of nitrogens with one attached hydrogen (secondary N) is 1. The SMILES string of the molecule is CCc1ccc(S(=O)(=O)Nc2cccnc2C(=O)O)cc1. The Bertz CT molecular complexity index is 755. The molecule has 0 aliphatic rings. The predicted molar refractivity (Wildman–Crippen MR) is 77.8 cm³/mol. The smallest absolute Gasteiger partial charge is 0.356 e. The number of hydrogen-bond donors (Lipinski definition) is 2. The van der Waals surface area contributed by atoms with E-state index in [4.69, 9.17) is 5.11 Å². The average Bonchev–Trinajstić information content (AvgIpc) is 2.47. The quantitative estimate of drug-likeness (QED) is 0.882. The van der Waals surface area contributed by atoms with Crippen LogP contribution in [0.1, 0.15) is 23.0 Å². The van der Waals surface area contributed by atoms with E-state index in [-0.39, 0.29) is 16.3 Å². The van der Waals surface area contributed by atoms with Crippen LogP contribution in [-0.4, -0.2) is 24.5 Å². The van der Waals surface area contributed by atoms with Crippen molar-refractivity contribution in [3.05, 3.63) is 53.9 Å². The zero-order valence-corrected chi connectivity index (χ0v) is 12.1. The van der Waals surface area contributed by atoms with Crippen LogP contribution in [0.5, 0.6) is 0 Å². The number of anilines is 1. The summed E-state index contributed by atoms with van der Waals surface area (Å²) in [4.78, 5) is 14.8. The van der Waals surface area contributed by atoms with E-state index in [0.717, 1.165) is 12.0 Å². The summed E-state index contributed by atoms with van der Waals surface area (Å²) in [5.41, 5.74) is 0.609. The maximum atomic E-state index is 12.2. The molecule has 110 valence electrons. The third-order valence-electron chi connectivity index (χ3n) is 2.90. The monoisotopic (exact) mass is 306 g/mol. The van der Waals surface area contributed by atoms with Gasteiger partial charge in [0.15, 0.2) is 5.69 Å². The molecule has 1 aromatic carbocycles. The first-order valence-electron chi connectivity index (χ1n) is 6.24. The van der Waals surface area contributed by atoms with Crippen molar-refractivity contribution < 1.29 is 18.3 Å². The molecule has 21 heavy (non-hydrogen) atoms. The van der Waals surface area contributed by atoms with Crippen molar-refractivity contribution in [1.29, 1.82) is 0 Å². The number of pyridine rings is 1. The van der Waals surface area contributed by atoms with Crippen molar-refractivity contribution in [2.45, 2.75) is 18.2 Å². The molecule has 0 radical (unpaired) electrons. The van der Waals surface area contributed by atoms with Crippen LogP contribution in [0.25, 0.3) is 0 Å². The van der Waals surface area contributed by atoms with E-state index in [1.165, 1.54) is 30.5 Å². The van der Waals surface area contributed by atoms with E-state index >= 15 is 0 Å². The normalized spacial score (nSPS) is 11.1. The number of aromatic carboxylic acids is 1. The molecule has 0 amide bonds. The summed E-state index contributed by atoms with van der Waals surface area (Å²) in [5.74, 6) is -1.30. The van der Waals surface area contributed by atoms with Gasteiger partial charge < -0.3 is 5.11 Å². The Morgan fingerprint density at radius 2 is 1.90 bits per heavy atom. The molecular formula is C14H14N2O4S. The molecule has 1 heterocycles. The van der Waals surface area contributed by atoms with E-state index in [1.807, 2.05) is 6.92 Å². The molecule has 0 unspecified atom stereocenters. The van der Waals surface area contributed by atoms with Gasteiger partial charge >= 0.3 is 5.97 Å². The van der Waals surface area contributed by atoms with E-state index in [0.29, 0.717) is 0 Å². The minimum atomic E-state index is -3.85. The lowest BCUT2D eigenvalue weighted by Gasteiger charge is -2.10. The van der Waals surface area contributed by atoms with Crippen LogP contribution in [-0.2, 0) is 16.4 Å². The molecule has 0 aliphatic carbocycles. The molecule has 6 nitrogen and oxygen atoms in total. The van der Waals surface area contributed by atoms with Gasteiger partial charge in [0, 0.05) is 6.20 Å². The fourth-order valence-electron chi connectivity index (χ4n) is 1.77. The number of carbonyl (C=O) groups is 1. The highest BCUT2D eigenvalue weighted by molar-refractivity contribution is 7.92. The molecule has 0 atom stereocenters. The molecule has 0 saturated carbocycles. The van der Waals surface area contributed by atoms with E-state index in [2.05, 4.69) is 9.71 Å². The molecule has 7 heteroatoms. The van der Waals surface area contributed by atoms with E-state index in [1.54, 1.807) is 12.1 Å². The van der Waals surface area contributed by atoms with E-state index in [9.17, 15) is 13.2 Å². The van der Waals surface area contributed by atoms with Gasteiger partial charge in [-0.2, -0.15) is 0 Å². The summed E-state index contributed by atoms with van der Waals surface area (Å²) >= 11 is 0. The van der Waals surface area contributed by atoms with Gasteiger partial charge in [0.1, 0.15) is 0 Å². The third-order valence-corrected chi connectivity index (χ3v) is 4.28. The van der Waals surface area contributed by atoms with Crippen molar-refractivity contribution in [2.75, 3.05) is 4.72 Å². The van der Waals surface area contributed by atoms with Crippen molar-refractivity contribution in [1.82, 2.24) is 4.98 Å². The summed E-state index contributed by atoms with van der Waals surface area (Å²) in [6, 6.07) is 9.22. The number of carboxylic acid groups (broad SMARTS) is 1. The Morgan fingerprint density at radius 1 is 1.24 bits per heavy atom. The van der Waals surface area contributed by atoms with Crippen LogP contribution in [0.15, 0.2) is 47.5 Å². The molecular weight excluding hydrogens is 292 g/mol. The minimum absolute atomic E-state index is 0.0652. The summed E-state index contributed by atoms with van der Waals surface area (Å²) in [7, 11) is -3.85. The van der Waals surface area contributed by atoms with Crippen molar-refractivity contribution in [3.8, 4) is 0 Å². The first kappa shape index (κ1) is 15.0. The lowest BCUT2D eigenvalue weighted by molar-refractivity contribution is 0.0692.